The average Bonchev–Trinajstić information content (AvgIpc) is 2.06. The van der Waals surface area contributed by atoms with Crippen LogP contribution in [0.25, 0.3) is 0 Å². The predicted octanol–water partition coefficient (Wildman–Crippen LogP) is 2.02. The third-order valence-electron chi connectivity index (χ3n) is 2.52. The Morgan fingerprint density at radius 1 is 1.23 bits per heavy atom. The molecule has 1 aromatic rings. The maximum absolute atomic E-state index is 5.49. The van der Waals surface area contributed by atoms with Crippen LogP contribution in [0.5, 0.6) is 0 Å². The molecule has 0 unspecified atom stereocenters. The molecule has 2 N–H and O–H groups in total. The molecule has 0 bridgehead atoms. The Bertz CT molecular complexity index is 264. The quantitative estimate of drug-likeness (QED) is 0.794. The average molecular weight is 193 g/mol. The van der Waals surface area contributed by atoms with Crippen molar-refractivity contribution in [3.8, 4) is 0 Å². The molecule has 13 heavy (non-hydrogen) atoms. The second-order valence-corrected chi connectivity index (χ2v) is 4.59. The summed E-state index contributed by atoms with van der Waals surface area (Å²) in [6.45, 7) is 0.749. The van der Waals surface area contributed by atoms with Crippen LogP contribution in [0.1, 0.15) is 17.0 Å². The van der Waals surface area contributed by atoms with Crippen molar-refractivity contribution >= 4 is 11.8 Å². The zero-order valence-electron chi connectivity index (χ0n) is 7.70. The van der Waals surface area contributed by atoms with E-state index in [4.69, 9.17) is 5.73 Å². The van der Waals surface area contributed by atoms with Gasteiger partial charge in [-0.1, -0.05) is 24.3 Å². The van der Waals surface area contributed by atoms with E-state index in [2.05, 4.69) is 24.3 Å². The van der Waals surface area contributed by atoms with Gasteiger partial charge in [0, 0.05) is 17.4 Å². The van der Waals surface area contributed by atoms with Crippen LogP contribution in [0.15, 0.2) is 24.3 Å². The molecule has 70 valence electrons. The summed E-state index contributed by atoms with van der Waals surface area (Å²) in [5, 5.41) is 0. The van der Waals surface area contributed by atoms with E-state index in [9.17, 15) is 0 Å². The van der Waals surface area contributed by atoms with Crippen LogP contribution in [0, 0.1) is 0 Å². The van der Waals surface area contributed by atoms with Gasteiger partial charge in [-0.3, -0.25) is 0 Å². The first-order valence-electron chi connectivity index (χ1n) is 4.77. The lowest BCUT2D eigenvalue weighted by Gasteiger charge is -2.25. The fraction of sp³-hybridized carbons (Fsp3) is 0.455. The molecule has 1 aliphatic rings. The SMILES string of the molecule is NCCc1ccc(C2CSC2)cc1. The molecule has 0 radical (unpaired) electrons. The van der Waals surface area contributed by atoms with E-state index in [1.807, 2.05) is 11.8 Å². The van der Waals surface area contributed by atoms with Crippen molar-refractivity contribution in [2.75, 3.05) is 18.1 Å². The molecule has 2 heteroatoms. The highest BCUT2D eigenvalue weighted by Crippen LogP contribution is 2.33. The van der Waals surface area contributed by atoms with Gasteiger partial charge in [-0.15, -0.1) is 0 Å². The molecule has 0 aromatic heterocycles. The summed E-state index contributed by atoms with van der Waals surface area (Å²) in [5.41, 5.74) is 8.35. The van der Waals surface area contributed by atoms with Gasteiger partial charge in [0.15, 0.2) is 0 Å². The molecule has 0 amide bonds. The predicted molar refractivity (Wildman–Crippen MR) is 59.3 cm³/mol. The van der Waals surface area contributed by atoms with Gasteiger partial charge in [-0.05, 0) is 24.1 Å². The first-order valence-corrected chi connectivity index (χ1v) is 5.92. The summed E-state index contributed by atoms with van der Waals surface area (Å²) >= 11 is 2.03. The molecular formula is C11H15NS. The normalized spacial score (nSPS) is 17.0. The van der Waals surface area contributed by atoms with E-state index >= 15 is 0 Å². The van der Waals surface area contributed by atoms with Crippen LogP contribution < -0.4 is 5.73 Å². The van der Waals surface area contributed by atoms with E-state index in [1.54, 1.807) is 0 Å². The summed E-state index contributed by atoms with van der Waals surface area (Å²) < 4.78 is 0. The fourth-order valence-electron chi connectivity index (χ4n) is 1.55. The van der Waals surface area contributed by atoms with Gasteiger partial charge in [0.1, 0.15) is 0 Å². The highest BCUT2D eigenvalue weighted by molar-refractivity contribution is 8.00. The highest BCUT2D eigenvalue weighted by atomic mass is 32.2. The molecule has 0 spiro atoms. The first kappa shape index (κ1) is 9.10. The van der Waals surface area contributed by atoms with Gasteiger partial charge in [0.2, 0.25) is 0 Å². The van der Waals surface area contributed by atoms with E-state index in [1.165, 1.54) is 22.6 Å². The summed E-state index contributed by atoms with van der Waals surface area (Å²) in [6, 6.07) is 8.95. The lowest BCUT2D eigenvalue weighted by atomic mass is 10.00. The van der Waals surface area contributed by atoms with Gasteiger partial charge in [-0.2, -0.15) is 11.8 Å². The Labute approximate surface area is 83.7 Å². The zero-order valence-corrected chi connectivity index (χ0v) is 8.52. The van der Waals surface area contributed by atoms with Crippen LogP contribution in [-0.2, 0) is 6.42 Å². The number of hydrogen-bond donors (Lipinski definition) is 1. The third-order valence-corrected chi connectivity index (χ3v) is 3.80. The lowest BCUT2D eigenvalue weighted by molar-refractivity contribution is 0.847. The van der Waals surface area contributed by atoms with Crippen molar-refractivity contribution in [1.29, 1.82) is 0 Å². The minimum atomic E-state index is 0.749. The molecule has 1 nitrogen and oxygen atoms in total. The number of thioether (sulfide) groups is 1. The van der Waals surface area contributed by atoms with Gasteiger partial charge in [-0.25, -0.2) is 0 Å². The zero-order chi connectivity index (χ0) is 9.10. The summed E-state index contributed by atoms with van der Waals surface area (Å²) in [4.78, 5) is 0. The standard InChI is InChI=1S/C11H15NS/c12-6-5-9-1-3-10(4-2-9)11-7-13-8-11/h1-4,11H,5-8,12H2. The number of rotatable bonds is 3. The fourth-order valence-corrected chi connectivity index (χ4v) is 2.41. The molecule has 1 fully saturated rings. The molecule has 0 saturated carbocycles. The maximum atomic E-state index is 5.49. The highest BCUT2D eigenvalue weighted by Gasteiger charge is 2.19. The third kappa shape index (κ3) is 2.06. The van der Waals surface area contributed by atoms with Crippen LogP contribution in [0.2, 0.25) is 0 Å². The summed E-state index contributed by atoms with van der Waals surface area (Å²) in [5.74, 6) is 3.42. The van der Waals surface area contributed by atoms with Gasteiger partial charge in [0.25, 0.3) is 0 Å². The van der Waals surface area contributed by atoms with Crippen molar-refractivity contribution in [3.05, 3.63) is 35.4 Å². The van der Waals surface area contributed by atoms with E-state index in [0.717, 1.165) is 18.9 Å². The lowest BCUT2D eigenvalue weighted by Crippen LogP contribution is -2.15. The molecule has 1 aromatic carbocycles. The van der Waals surface area contributed by atoms with Crippen LogP contribution in [0.3, 0.4) is 0 Å². The Balaban J connectivity index is 2.04. The van der Waals surface area contributed by atoms with Crippen molar-refractivity contribution in [3.63, 3.8) is 0 Å². The number of hydrogen-bond acceptors (Lipinski definition) is 2. The molecule has 1 heterocycles. The first-order chi connectivity index (χ1) is 6.40. The van der Waals surface area contributed by atoms with Crippen LogP contribution in [-0.4, -0.2) is 18.1 Å². The Morgan fingerprint density at radius 2 is 1.92 bits per heavy atom. The monoisotopic (exact) mass is 193 g/mol. The largest absolute Gasteiger partial charge is 0.330 e. The van der Waals surface area contributed by atoms with Crippen molar-refractivity contribution in [1.82, 2.24) is 0 Å². The van der Waals surface area contributed by atoms with Crippen molar-refractivity contribution < 1.29 is 0 Å². The second kappa shape index (κ2) is 4.16. The summed E-state index contributed by atoms with van der Waals surface area (Å²) in [7, 11) is 0. The van der Waals surface area contributed by atoms with E-state index in [0.29, 0.717) is 0 Å². The minimum Gasteiger partial charge on any atom is -0.330 e. The Morgan fingerprint density at radius 3 is 2.38 bits per heavy atom. The van der Waals surface area contributed by atoms with Gasteiger partial charge >= 0.3 is 0 Å². The van der Waals surface area contributed by atoms with E-state index < -0.39 is 0 Å². The smallest absolute Gasteiger partial charge is 0.00198 e. The van der Waals surface area contributed by atoms with Gasteiger partial charge in [0.05, 0.1) is 0 Å². The number of benzene rings is 1. The van der Waals surface area contributed by atoms with Gasteiger partial charge < -0.3 is 5.73 Å². The maximum Gasteiger partial charge on any atom is 0.00198 e. The van der Waals surface area contributed by atoms with Crippen molar-refractivity contribution in [2.24, 2.45) is 5.73 Å². The Hall–Kier alpha value is -0.470. The van der Waals surface area contributed by atoms with Crippen LogP contribution in [0.4, 0.5) is 0 Å². The number of nitrogens with two attached hydrogens (primary N) is 1. The minimum absolute atomic E-state index is 0.749. The second-order valence-electron chi connectivity index (χ2n) is 3.51. The van der Waals surface area contributed by atoms with Crippen LogP contribution >= 0.6 is 11.8 Å². The van der Waals surface area contributed by atoms with Crippen molar-refractivity contribution in [2.45, 2.75) is 12.3 Å². The Kier molecular flexibility index (Phi) is 2.91. The molecule has 2 rings (SSSR count). The van der Waals surface area contributed by atoms with E-state index in [-0.39, 0.29) is 0 Å². The molecule has 1 saturated heterocycles. The summed E-state index contributed by atoms with van der Waals surface area (Å²) in [6.07, 6.45) is 1.000. The molecular weight excluding hydrogens is 178 g/mol. The molecule has 0 aliphatic carbocycles. The topological polar surface area (TPSA) is 26.0 Å². The molecule has 0 atom stereocenters. The molecule has 1 aliphatic heterocycles.